The Morgan fingerprint density at radius 2 is 1.86 bits per heavy atom. The summed E-state index contributed by atoms with van der Waals surface area (Å²) in [4.78, 5) is 11.2. The SMILES string of the molecule is CC(=O)c1ccc(S(=O)(=O)NCCc2nnc3c(C(F)(F)F)cc(Cl)cn23)cc1. The lowest BCUT2D eigenvalue weighted by atomic mass is 10.2. The lowest BCUT2D eigenvalue weighted by molar-refractivity contribution is -0.136. The molecule has 0 atom stereocenters. The minimum Gasteiger partial charge on any atom is -0.295 e. The first kappa shape index (κ1) is 21.2. The first-order chi connectivity index (χ1) is 13.5. The van der Waals surface area contributed by atoms with Gasteiger partial charge in [-0.2, -0.15) is 13.2 Å². The summed E-state index contributed by atoms with van der Waals surface area (Å²) in [5, 5.41) is 7.11. The minimum atomic E-state index is -4.66. The fraction of sp³-hybridized carbons (Fsp3) is 0.235. The summed E-state index contributed by atoms with van der Waals surface area (Å²) < 4.78 is 67.5. The molecule has 3 aromatic rings. The Kier molecular flexibility index (Phi) is 5.65. The van der Waals surface area contributed by atoms with Gasteiger partial charge in [-0.3, -0.25) is 9.20 Å². The maximum atomic E-state index is 13.1. The van der Waals surface area contributed by atoms with E-state index >= 15 is 0 Å². The number of Topliss-reactive ketones (excluding diaryl/α,β-unsaturated/α-hetero) is 1. The third-order valence-corrected chi connectivity index (χ3v) is 5.74. The number of aromatic nitrogens is 3. The summed E-state index contributed by atoms with van der Waals surface area (Å²) >= 11 is 5.77. The number of carbonyl (C=O) groups is 1. The number of sulfonamides is 1. The van der Waals surface area contributed by atoms with Crippen LogP contribution in [0.15, 0.2) is 41.4 Å². The summed E-state index contributed by atoms with van der Waals surface area (Å²) in [6, 6.07) is 6.12. The van der Waals surface area contributed by atoms with E-state index in [0.29, 0.717) is 5.56 Å². The molecule has 1 N–H and O–H groups in total. The van der Waals surface area contributed by atoms with E-state index in [1.807, 2.05) is 0 Å². The van der Waals surface area contributed by atoms with Crippen LogP contribution in [-0.4, -0.2) is 35.3 Å². The maximum absolute atomic E-state index is 13.1. The summed E-state index contributed by atoms with van der Waals surface area (Å²) in [6.45, 7) is 1.23. The molecule has 0 amide bonds. The zero-order valence-electron chi connectivity index (χ0n) is 14.9. The highest BCUT2D eigenvalue weighted by molar-refractivity contribution is 7.89. The molecule has 3 rings (SSSR count). The largest absolute Gasteiger partial charge is 0.420 e. The zero-order chi connectivity index (χ0) is 21.4. The fourth-order valence-electron chi connectivity index (χ4n) is 2.63. The van der Waals surface area contributed by atoms with E-state index in [9.17, 15) is 26.4 Å². The average Bonchev–Trinajstić information content (AvgIpc) is 3.03. The van der Waals surface area contributed by atoms with Gasteiger partial charge in [-0.1, -0.05) is 23.7 Å². The van der Waals surface area contributed by atoms with Crippen LogP contribution >= 0.6 is 11.6 Å². The van der Waals surface area contributed by atoms with Crippen molar-refractivity contribution in [1.29, 1.82) is 0 Å². The molecule has 12 heteroatoms. The molecule has 0 bridgehead atoms. The van der Waals surface area contributed by atoms with Gasteiger partial charge in [0.25, 0.3) is 0 Å². The van der Waals surface area contributed by atoms with Gasteiger partial charge in [0.05, 0.1) is 9.92 Å². The number of nitrogens with zero attached hydrogens (tertiary/aromatic N) is 3. The van der Waals surface area contributed by atoms with Crippen LogP contribution in [0.25, 0.3) is 5.65 Å². The van der Waals surface area contributed by atoms with E-state index in [0.717, 1.165) is 10.5 Å². The highest BCUT2D eigenvalue weighted by Gasteiger charge is 2.35. The number of carbonyl (C=O) groups excluding carboxylic acids is 1. The molecule has 0 saturated heterocycles. The summed E-state index contributed by atoms with van der Waals surface area (Å²) in [7, 11) is -3.87. The average molecular weight is 447 g/mol. The third-order valence-electron chi connectivity index (χ3n) is 4.06. The van der Waals surface area contributed by atoms with E-state index < -0.39 is 27.4 Å². The van der Waals surface area contributed by atoms with E-state index in [1.54, 1.807) is 0 Å². The van der Waals surface area contributed by atoms with Crippen molar-refractivity contribution in [2.45, 2.75) is 24.4 Å². The van der Waals surface area contributed by atoms with Crippen molar-refractivity contribution in [3.63, 3.8) is 0 Å². The van der Waals surface area contributed by atoms with Crippen molar-refractivity contribution in [2.24, 2.45) is 0 Å². The highest BCUT2D eigenvalue weighted by atomic mass is 35.5. The molecular formula is C17H14ClF3N4O3S. The molecule has 7 nitrogen and oxygen atoms in total. The van der Waals surface area contributed by atoms with Crippen molar-refractivity contribution < 1.29 is 26.4 Å². The Hall–Kier alpha value is -2.50. The first-order valence-electron chi connectivity index (χ1n) is 8.20. The number of hydrogen-bond donors (Lipinski definition) is 1. The van der Waals surface area contributed by atoms with E-state index in [2.05, 4.69) is 14.9 Å². The van der Waals surface area contributed by atoms with Gasteiger partial charge in [0.1, 0.15) is 11.4 Å². The van der Waals surface area contributed by atoms with Gasteiger partial charge in [-0.05, 0) is 25.1 Å². The molecule has 0 spiro atoms. The van der Waals surface area contributed by atoms with Crippen molar-refractivity contribution >= 4 is 33.1 Å². The van der Waals surface area contributed by atoms with Gasteiger partial charge < -0.3 is 0 Å². The predicted molar refractivity (Wildman–Crippen MR) is 98.3 cm³/mol. The third kappa shape index (κ3) is 4.57. The van der Waals surface area contributed by atoms with Crippen LogP contribution in [0.5, 0.6) is 0 Å². The van der Waals surface area contributed by atoms with Crippen molar-refractivity contribution in [2.75, 3.05) is 6.54 Å². The number of nitrogens with one attached hydrogen (secondary N) is 1. The Morgan fingerprint density at radius 3 is 2.45 bits per heavy atom. The topological polar surface area (TPSA) is 93.4 Å². The lowest BCUT2D eigenvalue weighted by Gasteiger charge is -2.09. The van der Waals surface area contributed by atoms with Crippen LogP contribution < -0.4 is 4.72 Å². The smallest absolute Gasteiger partial charge is 0.295 e. The summed E-state index contributed by atoms with van der Waals surface area (Å²) in [5.41, 5.74) is -1.08. The highest BCUT2D eigenvalue weighted by Crippen LogP contribution is 2.33. The van der Waals surface area contributed by atoms with Crippen LogP contribution in [0.2, 0.25) is 5.02 Å². The number of hydrogen-bond acceptors (Lipinski definition) is 5. The Bertz CT molecular complexity index is 1180. The molecule has 0 unspecified atom stereocenters. The molecule has 0 fully saturated rings. The molecule has 0 aliphatic rings. The molecule has 2 heterocycles. The van der Waals surface area contributed by atoms with Crippen LogP contribution in [-0.2, 0) is 22.6 Å². The van der Waals surface area contributed by atoms with Gasteiger partial charge >= 0.3 is 6.18 Å². The number of rotatable bonds is 6. The van der Waals surface area contributed by atoms with E-state index in [-0.39, 0.29) is 34.5 Å². The van der Waals surface area contributed by atoms with Crippen LogP contribution in [0, 0.1) is 0 Å². The van der Waals surface area contributed by atoms with Crippen molar-refractivity contribution in [3.05, 3.63) is 58.5 Å². The minimum absolute atomic E-state index is 0.0242. The number of alkyl halides is 3. The summed E-state index contributed by atoms with van der Waals surface area (Å²) in [6.07, 6.45) is -3.45. The van der Waals surface area contributed by atoms with Gasteiger partial charge in [0.2, 0.25) is 10.0 Å². The Labute approximate surface area is 168 Å². The molecular weight excluding hydrogens is 433 g/mol. The Balaban J connectivity index is 1.77. The number of ketones is 1. The van der Waals surface area contributed by atoms with Gasteiger partial charge in [-0.25, -0.2) is 13.1 Å². The van der Waals surface area contributed by atoms with Crippen molar-refractivity contribution in [3.8, 4) is 0 Å². The lowest BCUT2D eigenvalue weighted by Crippen LogP contribution is -2.26. The zero-order valence-corrected chi connectivity index (χ0v) is 16.4. The number of fused-ring (bicyclic) bond motifs is 1. The molecule has 0 saturated carbocycles. The molecule has 1 aromatic carbocycles. The molecule has 0 aliphatic carbocycles. The first-order valence-corrected chi connectivity index (χ1v) is 10.1. The molecule has 0 aliphatic heterocycles. The van der Waals surface area contributed by atoms with E-state index in [4.69, 9.17) is 11.6 Å². The number of benzene rings is 1. The monoisotopic (exact) mass is 446 g/mol. The van der Waals surface area contributed by atoms with Crippen LogP contribution in [0.4, 0.5) is 13.2 Å². The van der Waals surface area contributed by atoms with Crippen LogP contribution in [0.1, 0.15) is 28.7 Å². The second kappa shape index (κ2) is 7.73. The van der Waals surface area contributed by atoms with Crippen molar-refractivity contribution in [1.82, 2.24) is 19.3 Å². The van der Waals surface area contributed by atoms with Crippen LogP contribution in [0.3, 0.4) is 0 Å². The quantitative estimate of drug-likeness (QED) is 0.587. The second-order valence-electron chi connectivity index (χ2n) is 6.11. The van der Waals surface area contributed by atoms with Gasteiger partial charge in [0, 0.05) is 24.7 Å². The van der Waals surface area contributed by atoms with E-state index in [1.165, 1.54) is 37.4 Å². The predicted octanol–water partition coefficient (Wildman–Crippen LogP) is 3.13. The summed E-state index contributed by atoms with van der Waals surface area (Å²) in [5.74, 6) is -0.0832. The maximum Gasteiger partial charge on any atom is 0.420 e. The van der Waals surface area contributed by atoms with Gasteiger partial charge in [0.15, 0.2) is 11.4 Å². The second-order valence-corrected chi connectivity index (χ2v) is 8.31. The Morgan fingerprint density at radius 1 is 1.21 bits per heavy atom. The molecule has 2 aromatic heterocycles. The van der Waals surface area contributed by atoms with Gasteiger partial charge in [-0.15, -0.1) is 10.2 Å². The standard InChI is InChI=1S/C17H14ClF3N4O3S/c1-10(26)11-2-4-13(5-3-11)29(27,28)22-7-6-15-23-24-16-14(17(19,20)21)8-12(18)9-25(15)16/h2-5,8-9,22H,6-7H2,1H3. The molecule has 29 heavy (non-hydrogen) atoms. The fourth-order valence-corrected chi connectivity index (χ4v) is 3.87. The number of pyridine rings is 1. The number of halogens is 4. The molecule has 0 radical (unpaired) electrons. The normalized spacial score (nSPS) is 12.4. The molecule has 154 valence electrons.